The van der Waals surface area contributed by atoms with E-state index in [1.807, 2.05) is 49.4 Å². The SMILES string of the molecule is Cc1ccc(C(C)C)cc1Oc1ccc(C(=O)NC(C)C(O)c2ccccc2)o1. The number of hydrogen-bond donors (Lipinski definition) is 2. The largest absolute Gasteiger partial charge is 0.426 e. The Labute approximate surface area is 171 Å². The predicted octanol–water partition coefficient (Wildman–Crippen LogP) is 5.36. The highest BCUT2D eigenvalue weighted by Crippen LogP contribution is 2.30. The van der Waals surface area contributed by atoms with Crippen LogP contribution in [0.25, 0.3) is 0 Å². The molecule has 1 heterocycles. The number of ether oxygens (including phenoxy) is 1. The van der Waals surface area contributed by atoms with Crippen LogP contribution in [0.1, 0.15) is 60.0 Å². The molecule has 0 aliphatic heterocycles. The number of amides is 1. The number of rotatable bonds is 7. The van der Waals surface area contributed by atoms with Crippen LogP contribution in [0.4, 0.5) is 0 Å². The molecule has 0 aliphatic carbocycles. The zero-order chi connectivity index (χ0) is 21.0. The van der Waals surface area contributed by atoms with Gasteiger partial charge in [0.1, 0.15) is 5.75 Å². The maximum atomic E-state index is 12.5. The van der Waals surface area contributed by atoms with Crippen LogP contribution in [-0.4, -0.2) is 17.1 Å². The van der Waals surface area contributed by atoms with Gasteiger partial charge in [-0.3, -0.25) is 4.79 Å². The van der Waals surface area contributed by atoms with E-state index in [0.29, 0.717) is 11.7 Å². The summed E-state index contributed by atoms with van der Waals surface area (Å²) in [5.41, 5.74) is 2.89. The molecule has 5 nitrogen and oxygen atoms in total. The molecule has 3 rings (SSSR count). The number of carbonyl (C=O) groups excluding carboxylic acids is 1. The van der Waals surface area contributed by atoms with Gasteiger partial charge in [0.05, 0.1) is 12.1 Å². The van der Waals surface area contributed by atoms with Crippen molar-refractivity contribution in [3.05, 3.63) is 83.1 Å². The van der Waals surface area contributed by atoms with Crippen LogP contribution in [0.15, 0.2) is 65.1 Å². The van der Waals surface area contributed by atoms with E-state index in [9.17, 15) is 9.90 Å². The predicted molar refractivity (Wildman–Crippen MR) is 112 cm³/mol. The Balaban J connectivity index is 1.67. The Hall–Kier alpha value is -3.05. The lowest BCUT2D eigenvalue weighted by Crippen LogP contribution is -2.36. The molecule has 2 atom stereocenters. The third-order valence-electron chi connectivity index (χ3n) is 4.87. The molecule has 0 aliphatic rings. The van der Waals surface area contributed by atoms with Gasteiger partial charge in [-0.25, -0.2) is 0 Å². The molecule has 1 aromatic heterocycles. The normalized spacial score (nSPS) is 13.2. The molecule has 0 bridgehead atoms. The molecule has 29 heavy (non-hydrogen) atoms. The smallest absolute Gasteiger partial charge is 0.290 e. The Bertz CT molecular complexity index is 962. The summed E-state index contributed by atoms with van der Waals surface area (Å²) in [6.45, 7) is 7.95. The summed E-state index contributed by atoms with van der Waals surface area (Å²) in [6.07, 6.45) is -0.813. The van der Waals surface area contributed by atoms with Gasteiger partial charge in [-0.05, 0) is 48.6 Å². The molecular weight excluding hydrogens is 366 g/mol. The van der Waals surface area contributed by atoms with Crippen molar-refractivity contribution in [3.8, 4) is 11.7 Å². The molecule has 3 aromatic rings. The lowest BCUT2D eigenvalue weighted by atomic mass is 10.0. The molecule has 0 saturated carbocycles. The van der Waals surface area contributed by atoms with Gasteiger partial charge in [0.15, 0.2) is 5.76 Å². The van der Waals surface area contributed by atoms with Crippen molar-refractivity contribution >= 4 is 5.91 Å². The average molecular weight is 393 g/mol. The number of hydrogen-bond acceptors (Lipinski definition) is 4. The third-order valence-corrected chi connectivity index (χ3v) is 4.87. The summed E-state index contributed by atoms with van der Waals surface area (Å²) in [6, 6.07) is 18.0. The van der Waals surface area contributed by atoms with E-state index in [-0.39, 0.29) is 11.7 Å². The molecule has 2 unspecified atom stereocenters. The Kier molecular flexibility index (Phi) is 6.39. The summed E-state index contributed by atoms with van der Waals surface area (Å²) in [7, 11) is 0. The first-order valence-electron chi connectivity index (χ1n) is 9.77. The Morgan fingerprint density at radius 2 is 1.72 bits per heavy atom. The maximum Gasteiger partial charge on any atom is 0.290 e. The Morgan fingerprint density at radius 1 is 1.00 bits per heavy atom. The maximum absolute atomic E-state index is 12.5. The van der Waals surface area contributed by atoms with Crippen molar-refractivity contribution in [1.29, 1.82) is 0 Å². The number of aliphatic hydroxyl groups excluding tert-OH is 1. The first kappa shape index (κ1) is 20.7. The molecule has 5 heteroatoms. The third kappa shape index (κ3) is 5.06. The summed E-state index contributed by atoms with van der Waals surface area (Å²) < 4.78 is 11.4. The fraction of sp³-hybridized carbons (Fsp3) is 0.292. The van der Waals surface area contributed by atoms with Crippen molar-refractivity contribution in [3.63, 3.8) is 0 Å². The fourth-order valence-corrected chi connectivity index (χ4v) is 2.99. The van der Waals surface area contributed by atoms with E-state index in [2.05, 4.69) is 25.2 Å². The zero-order valence-electron chi connectivity index (χ0n) is 17.2. The molecule has 2 aromatic carbocycles. The van der Waals surface area contributed by atoms with Crippen LogP contribution >= 0.6 is 0 Å². The van der Waals surface area contributed by atoms with E-state index in [0.717, 1.165) is 11.1 Å². The van der Waals surface area contributed by atoms with Gasteiger partial charge in [0.25, 0.3) is 11.9 Å². The van der Waals surface area contributed by atoms with Crippen molar-refractivity contribution in [2.24, 2.45) is 0 Å². The Morgan fingerprint density at radius 3 is 2.41 bits per heavy atom. The topological polar surface area (TPSA) is 71.7 Å². The molecule has 152 valence electrons. The standard InChI is InChI=1S/C24H27NO4/c1-15(2)19-11-10-16(3)21(14-19)29-22-13-12-20(28-22)24(27)25-17(4)23(26)18-8-6-5-7-9-18/h5-15,17,23,26H,1-4H3,(H,25,27). The van der Waals surface area contributed by atoms with Crippen molar-refractivity contribution in [2.45, 2.75) is 45.8 Å². The summed E-state index contributed by atoms with van der Waals surface area (Å²) >= 11 is 0. The zero-order valence-corrected chi connectivity index (χ0v) is 17.2. The molecule has 0 radical (unpaired) electrons. The van der Waals surface area contributed by atoms with Crippen LogP contribution in [-0.2, 0) is 0 Å². The van der Waals surface area contributed by atoms with Crippen LogP contribution in [0.3, 0.4) is 0 Å². The van der Waals surface area contributed by atoms with Crippen molar-refractivity contribution in [2.75, 3.05) is 0 Å². The van der Waals surface area contributed by atoms with E-state index >= 15 is 0 Å². The molecule has 0 saturated heterocycles. The van der Waals surface area contributed by atoms with Crippen LogP contribution in [0.2, 0.25) is 0 Å². The van der Waals surface area contributed by atoms with Crippen LogP contribution < -0.4 is 10.1 Å². The number of nitrogens with one attached hydrogen (secondary N) is 1. The number of furan rings is 1. The molecular formula is C24H27NO4. The number of aliphatic hydroxyl groups is 1. The minimum atomic E-state index is -0.813. The number of aryl methyl sites for hydroxylation is 1. The van der Waals surface area contributed by atoms with Crippen LogP contribution in [0, 0.1) is 6.92 Å². The quantitative estimate of drug-likeness (QED) is 0.567. The lowest BCUT2D eigenvalue weighted by Gasteiger charge is -2.20. The molecule has 0 fully saturated rings. The van der Waals surface area contributed by atoms with Gasteiger partial charge < -0.3 is 19.6 Å². The number of carbonyl (C=O) groups is 1. The fourth-order valence-electron chi connectivity index (χ4n) is 2.99. The van der Waals surface area contributed by atoms with E-state index < -0.39 is 18.1 Å². The van der Waals surface area contributed by atoms with Gasteiger partial charge in [-0.1, -0.05) is 56.3 Å². The molecule has 0 spiro atoms. The van der Waals surface area contributed by atoms with Gasteiger partial charge in [0.2, 0.25) is 0 Å². The van der Waals surface area contributed by atoms with Gasteiger partial charge in [0, 0.05) is 6.07 Å². The molecule has 1 amide bonds. The second-order valence-electron chi connectivity index (χ2n) is 7.52. The van der Waals surface area contributed by atoms with E-state index in [1.54, 1.807) is 19.1 Å². The van der Waals surface area contributed by atoms with Crippen molar-refractivity contribution < 1.29 is 19.1 Å². The number of benzene rings is 2. The second kappa shape index (κ2) is 8.97. The van der Waals surface area contributed by atoms with E-state index in [1.165, 1.54) is 5.56 Å². The summed E-state index contributed by atoms with van der Waals surface area (Å²) in [5.74, 6) is 1.05. The highest BCUT2D eigenvalue weighted by molar-refractivity contribution is 5.91. The van der Waals surface area contributed by atoms with Gasteiger partial charge >= 0.3 is 0 Å². The van der Waals surface area contributed by atoms with Crippen LogP contribution in [0.5, 0.6) is 11.7 Å². The highest BCUT2D eigenvalue weighted by Gasteiger charge is 2.21. The average Bonchev–Trinajstić information content (AvgIpc) is 3.18. The van der Waals surface area contributed by atoms with E-state index in [4.69, 9.17) is 9.15 Å². The van der Waals surface area contributed by atoms with Gasteiger partial charge in [-0.15, -0.1) is 0 Å². The second-order valence-corrected chi connectivity index (χ2v) is 7.52. The minimum Gasteiger partial charge on any atom is -0.426 e. The van der Waals surface area contributed by atoms with Crippen molar-refractivity contribution in [1.82, 2.24) is 5.32 Å². The monoisotopic (exact) mass is 393 g/mol. The first-order chi connectivity index (χ1) is 13.8. The first-order valence-corrected chi connectivity index (χ1v) is 9.77. The minimum absolute atomic E-state index is 0.129. The summed E-state index contributed by atoms with van der Waals surface area (Å²) in [4.78, 5) is 12.5. The molecule has 2 N–H and O–H groups in total. The highest BCUT2D eigenvalue weighted by atomic mass is 16.6. The van der Waals surface area contributed by atoms with Gasteiger partial charge in [-0.2, -0.15) is 0 Å². The summed E-state index contributed by atoms with van der Waals surface area (Å²) in [5, 5.41) is 13.2. The lowest BCUT2D eigenvalue weighted by molar-refractivity contribution is 0.0821.